The van der Waals surface area contributed by atoms with Crippen LogP contribution in [0.2, 0.25) is 0 Å². The van der Waals surface area contributed by atoms with Gasteiger partial charge in [0, 0.05) is 12.0 Å². The fraction of sp³-hybridized carbons (Fsp3) is 0.500. The summed E-state index contributed by atoms with van der Waals surface area (Å²) < 4.78 is 10.8. The first-order chi connectivity index (χ1) is 8.04. The number of hydrogen-bond acceptors (Lipinski definition) is 4. The summed E-state index contributed by atoms with van der Waals surface area (Å²) in [7, 11) is 0. The van der Waals surface area contributed by atoms with E-state index in [0.29, 0.717) is 29.7 Å². The van der Waals surface area contributed by atoms with Crippen molar-refractivity contribution in [2.75, 3.05) is 0 Å². The molecule has 2 aromatic heterocycles. The zero-order valence-electron chi connectivity index (χ0n) is 9.69. The van der Waals surface area contributed by atoms with E-state index in [-0.39, 0.29) is 5.92 Å². The Bertz CT molecular complexity index is 589. The predicted molar refractivity (Wildman–Crippen MR) is 58.9 cm³/mol. The Morgan fingerprint density at radius 1 is 1.53 bits per heavy atom. The fourth-order valence-corrected chi connectivity index (χ4v) is 2.03. The van der Waals surface area contributed by atoms with Crippen molar-refractivity contribution >= 4 is 17.1 Å². The number of fused-ring (bicyclic) bond motifs is 1. The van der Waals surface area contributed by atoms with E-state index in [1.165, 1.54) is 0 Å². The summed E-state index contributed by atoms with van der Waals surface area (Å²) in [6.07, 6.45) is 1.20. The third-order valence-electron chi connectivity index (χ3n) is 3.35. The molecule has 1 N–H and O–H groups in total. The van der Waals surface area contributed by atoms with Crippen molar-refractivity contribution in [1.29, 1.82) is 0 Å². The molecule has 0 amide bonds. The molecule has 2 aromatic rings. The van der Waals surface area contributed by atoms with Gasteiger partial charge < -0.3 is 14.0 Å². The molecule has 1 aliphatic rings. The van der Waals surface area contributed by atoms with E-state index in [0.717, 1.165) is 5.76 Å². The first-order valence-corrected chi connectivity index (χ1v) is 5.67. The van der Waals surface area contributed by atoms with Gasteiger partial charge in [-0.05, 0) is 12.8 Å². The summed E-state index contributed by atoms with van der Waals surface area (Å²) in [6.45, 7) is 4.02. The molecule has 0 saturated heterocycles. The van der Waals surface area contributed by atoms with Crippen molar-refractivity contribution < 1.29 is 18.8 Å². The Morgan fingerprint density at radius 3 is 2.76 bits per heavy atom. The number of aromatic nitrogens is 1. The molecule has 0 aromatic carbocycles. The van der Waals surface area contributed by atoms with Gasteiger partial charge in [-0.2, -0.15) is 0 Å². The quantitative estimate of drug-likeness (QED) is 0.884. The molecule has 5 heteroatoms. The van der Waals surface area contributed by atoms with Crippen molar-refractivity contribution in [3.05, 3.63) is 17.5 Å². The molecule has 3 rings (SSSR count). The maximum absolute atomic E-state index is 11.2. The summed E-state index contributed by atoms with van der Waals surface area (Å²) in [5, 5.41) is 13.1. The molecule has 0 spiro atoms. The maximum atomic E-state index is 11.2. The molecule has 90 valence electrons. The lowest BCUT2D eigenvalue weighted by molar-refractivity contribution is -0.140. The van der Waals surface area contributed by atoms with Gasteiger partial charge >= 0.3 is 5.97 Å². The average molecular weight is 235 g/mol. The van der Waals surface area contributed by atoms with E-state index >= 15 is 0 Å². The number of carboxylic acid groups (broad SMARTS) is 1. The van der Waals surface area contributed by atoms with Crippen LogP contribution in [0.4, 0.5) is 0 Å². The minimum absolute atomic E-state index is 0.241. The van der Waals surface area contributed by atoms with E-state index in [4.69, 9.17) is 8.94 Å². The minimum Gasteiger partial charge on any atom is -0.481 e. The van der Waals surface area contributed by atoms with Gasteiger partial charge in [0.05, 0.1) is 0 Å². The SMILES string of the molecule is CC(C)c1cc2onc(C3(C(=O)O)CC3)c2o1. The third-order valence-corrected chi connectivity index (χ3v) is 3.35. The maximum Gasteiger partial charge on any atom is 0.316 e. The fourth-order valence-electron chi connectivity index (χ4n) is 2.03. The van der Waals surface area contributed by atoms with Crippen molar-refractivity contribution in [2.24, 2.45) is 0 Å². The van der Waals surface area contributed by atoms with Crippen LogP contribution < -0.4 is 0 Å². The Hall–Kier alpha value is -1.78. The molecule has 0 aliphatic heterocycles. The van der Waals surface area contributed by atoms with Crippen LogP contribution in [-0.4, -0.2) is 16.2 Å². The van der Waals surface area contributed by atoms with Crippen molar-refractivity contribution in [3.63, 3.8) is 0 Å². The van der Waals surface area contributed by atoms with Crippen molar-refractivity contribution in [2.45, 2.75) is 38.0 Å². The average Bonchev–Trinajstić information content (AvgIpc) is 2.81. The minimum atomic E-state index is -0.878. The van der Waals surface area contributed by atoms with Gasteiger partial charge in [-0.3, -0.25) is 4.79 Å². The Kier molecular flexibility index (Phi) is 1.91. The highest BCUT2D eigenvalue weighted by molar-refractivity contribution is 5.89. The van der Waals surface area contributed by atoms with Crippen molar-refractivity contribution in [3.8, 4) is 0 Å². The largest absolute Gasteiger partial charge is 0.481 e. The van der Waals surface area contributed by atoms with Gasteiger partial charge in [0.25, 0.3) is 0 Å². The van der Waals surface area contributed by atoms with Crippen LogP contribution in [0.1, 0.15) is 44.1 Å². The van der Waals surface area contributed by atoms with Crippen LogP contribution >= 0.6 is 0 Å². The van der Waals surface area contributed by atoms with E-state index in [1.807, 2.05) is 13.8 Å². The smallest absolute Gasteiger partial charge is 0.316 e. The van der Waals surface area contributed by atoms with E-state index < -0.39 is 11.4 Å². The highest BCUT2D eigenvalue weighted by Crippen LogP contribution is 2.50. The summed E-state index contributed by atoms with van der Waals surface area (Å²) in [5.74, 6) is 0.184. The highest BCUT2D eigenvalue weighted by atomic mass is 16.5. The number of hydrogen-bond donors (Lipinski definition) is 1. The number of carboxylic acids is 1. The van der Waals surface area contributed by atoms with Gasteiger partial charge in [-0.25, -0.2) is 0 Å². The third kappa shape index (κ3) is 1.31. The molecule has 0 unspecified atom stereocenters. The zero-order chi connectivity index (χ0) is 12.2. The molecule has 1 aliphatic carbocycles. The second-order valence-corrected chi connectivity index (χ2v) is 4.92. The van der Waals surface area contributed by atoms with Gasteiger partial charge in [-0.1, -0.05) is 19.0 Å². The number of carbonyl (C=O) groups is 1. The number of rotatable bonds is 3. The highest BCUT2D eigenvalue weighted by Gasteiger charge is 2.56. The lowest BCUT2D eigenvalue weighted by Crippen LogP contribution is -2.19. The lowest BCUT2D eigenvalue weighted by Gasteiger charge is -2.03. The molecule has 17 heavy (non-hydrogen) atoms. The first kappa shape index (κ1) is 10.4. The molecule has 1 fully saturated rings. The van der Waals surface area contributed by atoms with Gasteiger partial charge in [0.15, 0.2) is 5.58 Å². The monoisotopic (exact) mass is 235 g/mol. The van der Waals surface area contributed by atoms with E-state index in [2.05, 4.69) is 5.16 Å². The number of nitrogens with zero attached hydrogens (tertiary/aromatic N) is 1. The van der Waals surface area contributed by atoms with Crippen molar-refractivity contribution in [1.82, 2.24) is 5.16 Å². The second kappa shape index (κ2) is 3.12. The summed E-state index contributed by atoms with van der Waals surface area (Å²) in [5.41, 5.74) is 0.592. The van der Waals surface area contributed by atoms with Crippen LogP contribution in [0.5, 0.6) is 0 Å². The lowest BCUT2D eigenvalue weighted by atomic mass is 10.0. The molecule has 0 atom stereocenters. The van der Waals surface area contributed by atoms with Crippen LogP contribution in [0.25, 0.3) is 11.2 Å². The second-order valence-electron chi connectivity index (χ2n) is 4.92. The molecular formula is C12H13NO4. The normalized spacial score (nSPS) is 17.8. The van der Waals surface area contributed by atoms with Crippen LogP contribution in [-0.2, 0) is 10.2 Å². The van der Waals surface area contributed by atoms with Crippen LogP contribution in [0, 0.1) is 0 Å². The van der Waals surface area contributed by atoms with Gasteiger partial charge in [0.1, 0.15) is 16.9 Å². The summed E-state index contributed by atoms with van der Waals surface area (Å²) in [6, 6.07) is 1.79. The number of furan rings is 1. The molecule has 2 heterocycles. The number of aliphatic carboxylic acids is 1. The topological polar surface area (TPSA) is 76.5 Å². The molecule has 0 radical (unpaired) electrons. The van der Waals surface area contributed by atoms with E-state index in [1.54, 1.807) is 6.07 Å². The molecule has 0 bridgehead atoms. The first-order valence-electron chi connectivity index (χ1n) is 5.67. The zero-order valence-corrected chi connectivity index (χ0v) is 9.69. The Morgan fingerprint density at radius 2 is 2.24 bits per heavy atom. The molecule has 5 nitrogen and oxygen atoms in total. The van der Waals surface area contributed by atoms with Gasteiger partial charge in [-0.15, -0.1) is 0 Å². The molecular weight excluding hydrogens is 222 g/mol. The van der Waals surface area contributed by atoms with Gasteiger partial charge in [0.2, 0.25) is 5.58 Å². The predicted octanol–water partition coefficient (Wildman–Crippen LogP) is 2.66. The summed E-state index contributed by atoms with van der Waals surface area (Å²) >= 11 is 0. The molecule has 1 saturated carbocycles. The summed E-state index contributed by atoms with van der Waals surface area (Å²) in [4.78, 5) is 11.2. The Balaban J connectivity index is 2.15. The Labute approximate surface area is 97.4 Å². The van der Waals surface area contributed by atoms with E-state index in [9.17, 15) is 9.90 Å². The van der Waals surface area contributed by atoms with Crippen LogP contribution in [0.15, 0.2) is 15.0 Å². The standard InChI is InChI=1S/C12H13NO4/c1-6(2)7-5-8-9(16-7)10(13-17-8)12(3-4-12)11(14)15/h5-6H,3-4H2,1-2H3,(H,14,15). The van der Waals surface area contributed by atoms with Crippen LogP contribution in [0.3, 0.4) is 0 Å².